The Bertz CT molecular complexity index is 941. The van der Waals surface area contributed by atoms with Crippen molar-refractivity contribution in [2.45, 2.75) is 32.6 Å². The van der Waals surface area contributed by atoms with Crippen molar-refractivity contribution in [3.8, 4) is 17.2 Å². The molecule has 3 aromatic rings. The van der Waals surface area contributed by atoms with E-state index in [0.29, 0.717) is 6.61 Å². The standard InChI is InChI=1S/C27H30O4/c1-2-6-26(22-7-5-8-25(19-22)31-18-4-3-17-28)27(20-9-13-23(29)14-10-20)21-11-15-24(30)16-12-21/h5,7-16,19,28-30H,2-4,6,17-18H2,1H3. The molecule has 0 aliphatic carbocycles. The molecule has 0 aliphatic heterocycles. The Morgan fingerprint density at radius 1 is 0.774 bits per heavy atom. The molecule has 162 valence electrons. The van der Waals surface area contributed by atoms with Crippen LogP contribution >= 0.6 is 0 Å². The molecule has 0 spiro atoms. The van der Waals surface area contributed by atoms with E-state index in [-0.39, 0.29) is 18.1 Å². The normalized spacial score (nSPS) is 10.6. The second-order valence-electron chi connectivity index (χ2n) is 7.50. The molecule has 0 saturated heterocycles. The van der Waals surface area contributed by atoms with Gasteiger partial charge in [0.15, 0.2) is 0 Å². The Balaban J connectivity index is 2.10. The number of aliphatic hydroxyl groups excluding tert-OH is 1. The predicted molar refractivity (Wildman–Crippen MR) is 125 cm³/mol. The molecule has 3 N–H and O–H groups in total. The van der Waals surface area contributed by atoms with E-state index in [1.54, 1.807) is 24.3 Å². The smallest absolute Gasteiger partial charge is 0.119 e. The van der Waals surface area contributed by atoms with Gasteiger partial charge >= 0.3 is 0 Å². The van der Waals surface area contributed by atoms with Gasteiger partial charge in [-0.05, 0) is 83.5 Å². The van der Waals surface area contributed by atoms with Gasteiger partial charge in [-0.25, -0.2) is 0 Å². The number of ether oxygens (including phenoxy) is 1. The Hall–Kier alpha value is -3.24. The third-order valence-corrected chi connectivity index (χ3v) is 5.12. The molecule has 31 heavy (non-hydrogen) atoms. The van der Waals surface area contributed by atoms with Crippen LogP contribution in [0.4, 0.5) is 0 Å². The molecule has 3 rings (SSSR count). The maximum absolute atomic E-state index is 9.78. The number of hydrogen-bond donors (Lipinski definition) is 3. The molecule has 0 amide bonds. The number of hydrogen-bond acceptors (Lipinski definition) is 4. The van der Waals surface area contributed by atoms with E-state index in [4.69, 9.17) is 9.84 Å². The van der Waals surface area contributed by atoms with E-state index < -0.39 is 0 Å². The molecule has 0 fully saturated rings. The maximum atomic E-state index is 9.78. The molecule has 3 aromatic carbocycles. The van der Waals surface area contributed by atoms with Crippen LogP contribution in [0.3, 0.4) is 0 Å². The van der Waals surface area contributed by atoms with Crippen molar-refractivity contribution < 1.29 is 20.1 Å². The zero-order valence-electron chi connectivity index (χ0n) is 17.9. The van der Waals surface area contributed by atoms with Crippen molar-refractivity contribution in [2.75, 3.05) is 13.2 Å². The molecule has 0 unspecified atom stereocenters. The van der Waals surface area contributed by atoms with E-state index in [1.165, 1.54) is 5.57 Å². The highest BCUT2D eigenvalue weighted by atomic mass is 16.5. The lowest BCUT2D eigenvalue weighted by Crippen LogP contribution is -2.00. The molecule has 4 nitrogen and oxygen atoms in total. The maximum Gasteiger partial charge on any atom is 0.119 e. The Kier molecular flexibility index (Phi) is 8.13. The summed E-state index contributed by atoms with van der Waals surface area (Å²) < 4.78 is 5.90. The first-order chi connectivity index (χ1) is 15.1. The van der Waals surface area contributed by atoms with Crippen LogP contribution in [0.25, 0.3) is 11.1 Å². The first-order valence-electron chi connectivity index (χ1n) is 10.8. The highest BCUT2D eigenvalue weighted by Crippen LogP contribution is 2.37. The molecule has 0 heterocycles. The van der Waals surface area contributed by atoms with Crippen LogP contribution in [0.1, 0.15) is 49.3 Å². The minimum atomic E-state index is 0.176. The second kappa shape index (κ2) is 11.2. The number of unbranched alkanes of at least 4 members (excludes halogenated alkanes) is 1. The van der Waals surface area contributed by atoms with Crippen LogP contribution in [0.15, 0.2) is 72.8 Å². The number of allylic oxidation sites excluding steroid dienone is 1. The molecule has 0 aliphatic rings. The minimum absolute atomic E-state index is 0.176. The first-order valence-corrected chi connectivity index (χ1v) is 10.8. The number of phenolic OH excluding ortho intramolecular Hbond substituents is 2. The number of benzene rings is 3. The van der Waals surface area contributed by atoms with Crippen molar-refractivity contribution in [1.82, 2.24) is 0 Å². The average molecular weight is 419 g/mol. The van der Waals surface area contributed by atoms with Crippen LogP contribution in [-0.4, -0.2) is 28.5 Å². The quantitative estimate of drug-likeness (QED) is 0.279. The van der Waals surface area contributed by atoms with Crippen LogP contribution in [-0.2, 0) is 0 Å². The molecule has 0 radical (unpaired) electrons. The molecule has 0 atom stereocenters. The van der Waals surface area contributed by atoms with Gasteiger partial charge in [0.2, 0.25) is 0 Å². The molecular formula is C27H30O4. The number of rotatable bonds is 10. The van der Waals surface area contributed by atoms with Gasteiger partial charge in [0.25, 0.3) is 0 Å². The van der Waals surface area contributed by atoms with E-state index in [2.05, 4.69) is 19.1 Å². The van der Waals surface area contributed by atoms with Crippen molar-refractivity contribution in [3.63, 3.8) is 0 Å². The zero-order chi connectivity index (χ0) is 22.1. The van der Waals surface area contributed by atoms with Gasteiger partial charge in [-0.1, -0.05) is 49.7 Å². The van der Waals surface area contributed by atoms with E-state index >= 15 is 0 Å². The zero-order valence-corrected chi connectivity index (χ0v) is 17.9. The minimum Gasteiger partial charge on any atom is -0.508 e. The first kappa shape index (κ1) is 22.4. The van der Waals surface area contributed by atoms with Crippen molar-refractivity contribution in [3.05, 3.63) is 89.5 Å². The van der Waals surface area contributed by atoms with Gasteiger partial charge in [-0.3, -0.25) is 0 Å². The van der Waals surface area contributed by atoms with Crippen LogP contribution in [0.2, 0.25) is 0 Å². The third kappa shape index (κ3) is 6.12. The number of aliphatic hydroxyl groups is 1. The van der Waals surface area contributed by atoms with Crippen LogP contribution < -0.4 is 4.74 Å². The summed E-state index contributed by atoms with van der Waals surface area (Å²) in [5.41, 5.74) is 5.33. The lowest BCUT2D eigenvalue weighted by atomic mass is 9.87. The van der Waals surface area contributed by atoms with Crippen molar-refractivity contribution in [1.29, 1.82) is 0 Å². The fourth-order valence-electron chi connectivity index (χ4n) is 3.61. The largest absolute Gasteiger partial charge is 0.508 e. The summed E-state index contributed by atoms with van der Waals surface area (Å²) in [7, 11) is 0. The number of phenols is 2. The van der Waals surface area contributed by atoms with Crippen molar-refractivity contribution >= 4 is 11.1 Å². The predicted octanol–water partition coefficient (Wildman–Crippen LogP) is 6.01. The average Bonchev–Trinajstić information content (AvgIpc) is 2.79. The van der Waals surface area contributed by atoms with E-state index in [1.807, 2.05) is 36.4 Å². The Morgan fingerprint density at radius 3 is 1.94 bits per heavy atom. The second-order valence-corrected chi connectivity index (χ2v) is 7.50. The highest BCUT2D eigenvalue weighted by Gasteiger charge is 2.15. The third-order valence-electron chi connectivity index (χ3n) is 5.12. The topological polar surface area (TPSA) is 69.9 Å². The fourth-order valence-corrected chi connectivity index (χ4v) is 3.61. The lowest BCUT2D eigenvalue weighted by molar-refractivity contribution is 0.253. The van der Waals surface area contributed by atoms with Gasteiger partial charge in [-0.2, -0.15) is 0 Å². The summed E-state index contributed by atoms with van der Waals surface area (Å²) >= 11 is 0. The highest BCUT2D eigenvalue weighted by molar-refractivity contribution is 5.98. The summed E-state index contributed by atoms with van der Waals surface area (Å²) in [6.07, 6.45) is 3.37. The SMILES string of the molecule is CCCC(=C(c1ccc(O)cc1)c1ccc(O)cc1)c1cccc(OCCCCO)c1. The fraction of sp³-hybridized carbons (Fsp3) is 0.259. The Labute approximate surface area is 184 Å². The lowest BCUT2D eigenvalue weighted by Gasteiger charge is -2.18. The summed E-state index contributed by atoms with van der Waals surface area (Å²) in [6, 6.07) is 22.6. The molecule has 4 heteroatoms. The van der Waals surface area contributed by atoms with Gasteiger partial charge < -0.3 is 20.1 Å². The monoisotopic (exact) mass is 418 g/mol. The van der Waals surface area contributed by atoms with Crippen molar-refractivity contribution in [2.24, 2.45) is 0 Å². The van der Waals surface area contributed by atoms with Crippen LogP contribution in [0.5, 0.6) is 17.2 Å². The summed E-state index contributed by atoms with van der Waals surface area (Å²) in [5, 5.41) is 28.5. The van der Waals surface area contributed by atoms with Gasteiger partial charge in [0, 0.05) is 6.61 Å². The van der Waals surface area contributed by atoms with E-state index in [0.717, 1.165) is 53.7 Å². The van der Waals surface area contributed by atoms with Gasteiger partial charge in [0.05, 0.1) is 6.61 Å². The summed E-state index contributed by atoms with van der Waals surface area (Å²) in [5.74, 6) is 1.26. The summed E-state index contributed by atoms with van der Waals surface area (Å²) in [6.45, 7) is 2.90. The van der Waals surface area contributed by atoms with Gasteiger partial charge in [0.1, 0.15) is 17.2 Å². The van der Waals surface area contributed by atoms with Gasteiger partial charge in [-0.15, -0.1) is 0 Å². The number of aromatic hydroxyl groups is 2. The molecular weight excluding hydrogens is 388 g/mol. The molecule has 0 saturated carbocycles. The van der Waals surface area contributed by atoms with E-state index in [9.17, 15) is 10.2 Å². The summed E-state index contributed by atoms with van der Waals surface area (Å²) in [4.78, 5) is 0. The molecule has 0 aromatic heterocycles. The molecule has 0 bridgehead atoms. The Morgan fingerprint density at radius 2 is 1.39 bits per heavy atom. The van der Waals surface area contributed by atoms with Crippen LogP contribution in [0, 0.1) is 0 Å².